The predicted octanol–water partition coefficient (Wildman–Crippen LogP) is 4.30. The number of rotatable bonds is 3. The summed E-state index contributed by atoms with van der Waals surface area (Å²) in [7, 11) is 1.74. The zero-order valence-corrected chi connectivity index (χ0v) is 13.9. The first kappa shape index (κ1) is 15.6. The minimum absolute atomic E-state index is 0.0855. The summed E-state index contributed by atoms with van der Waals surface area (Å²) in [6, 6.07) is 12.5. The Kier molecular flexibility index (Phi) is 4.68. The van der Waals surface area contributed by atoms with E-state index in [-0.39, 0.29) is 17.7 Å². The van der Waals surface area contributed by atoms with Crippen LogP contribution >= 0.6 is 15.9 Å². The molecular formula is C17H18BrNO2. The molecule has 0 aromatic heterocycles. The maximum atomic E-state index is 12.6. The maximum absolute atomic E-state index is 12.6. The Morgan fingerprint density at radius 3 is 2.52 bits per heavy atom. The van der Waals surface area contributed by atoms with E-state index in [0.717, 1.165) is 15.6 Å². The van der Waals surface area contributed by atoms with Gasteiger partial charge in [-0.3, -0.25) is 4.79 Å². The topological polar surface area (TPSA) is 40.5 Å². The van der Waals surface area contributed by atoms with Crippen LogP contribution in [0.2, 0.25) is 0 Å². The zero-order chi connectivity index (χ0) is 15.6. The molecule has 2 aromatic rings. The van der Waals surface area contributed by atoms with Crippen molar-refractivity contribution in [1.29, 1.82) is 0 Å². The van der Waals surface area contributed by atoms with Crippen molar-refractivity contribution < 1.29 is 9.90 Å². The Morgan fingerprint density at radius 1 is 1.24 bits per heavy atom. The maximum Gasteiger partial charge on any atom is 0.255 e. The number of hydrogen-bond donors (Lipinski definition) is 1. The molecule has 1 unspecified atom stereocenters. The number of phenolic OH excluding ortho intramolecular Hbond substituents is 1. The number of carbonyl (C=O) groups excluding carboxylic acids is 1. The number of nitrogens with zero attached hydrogens (tertiary/aromatic N) is 1. The molecule has 4 heteroatoms. The summed E-state index contributed by atoms with van der Waals surface area (Å²) < 4.78 is 0.781. The number of aromatic hydroxyl groups is 1. The fraction of sp³-hybridized carbons (Fsp3) is 0.235. The van der Waals surface area contributed by atoms with E-state index in [9.17, 15) is 9.90 Å². The molecule has 0 spiro atoms. The number of halogens is 1. The molecule has 2 rings (SSSR count). The van der Waals surface area contributed by atoms with Crippen LogP contribution in [0.3, 0.4) is 0 Å². The molecule has 1 atom stereocenters. The molecule has 0 aliphatic rings. The number of aryl methyl sites for hydroxylation is 1. The molecule has 0 aliphatic heterocycles. The van der Waals surface area contributed by atoms with Crippen molar-refractivity contribution >= 4 is 21.8 Å². The first-order chi connectivity index (χ1) is 9.91. The number of phenols is 1. The summed E-state index contributed by atoms with van der Waals surface area (Å²) in [6.07, 6.45) is 0. The summed E-state index contributed by atoms with van der Waals surface area (Å²) in [5.41, 5.74) is 2.44. The van der Waals surface area contributed by atoms with E-state index in [1.165, 1.54) is 0 Å². The van der Waals surface area contributed by atoms with Crippen molar-refractivity contribution in [3.05, 3.63) is 63.6 Å². The van der Waals surface area contributed by atoms with Gasteiger partial charge in [0.2, 0.25) is 0 Å². The molecule has 110 valence electrons. The van der Waals surface area contributed by atoms with Gasteiger partial charge in [-0.15, -0.1) is 0 Å². The highest BCUT2D eigenvalue weighted by atomic mass is 79.9. The van der Waals surface area contributed by atoms with Crippen molar-refractivity contribution in [1.82, 2.24) is 4.90 Å². The molecule has 3 nitrogen and oxygen atoms in total. The first-order valence-electron chi connectivity index (χ1n) is 6.73. The van der Waals surface area contributed by atoms with E-state index in [1.54, 1.807) is 24.1 Å². The van der Waals surface area contributed by atoms with Crippen LogP contribution in [0.4, 0.5) is 0 Å². The van der Waals surface area contributed by atoms with Crippen LogP contribution in [0, 0.1) is 6.92 Å². The molecule has 21 heavy (non-hydrogen) atoms. The minimum atomic E-state index is -0.216. The average molecular weight is 348 g/mol. The first-order valence-corrected chi connectivity index (χ1v) is 7.52. The smallest absolute Gasteiger partial charge is 0.255 e. The zero-order valence-electron chi connectivity index (χ0n) is 12.3. The van der Waals surface area contributed by atoms with Gasteiger partial charge >= 0.3 is 0 Å². The van der Waals surface area contributed by atoms with Gasteiger partial charge in [0, 0.05) is 17.1 Å². The molecule has 1 amide bonds. The van der Waals surface area contributed by atoms with E-state index in [4.69, 9.17) is 0 Å². The highest BCUT2D eigenvalue weighted by molar-refractivity contribution is 9.10. The van der Waals surface area contributed by atoms with Crippen LogP contribution in [0.5, 0.6) is 5.75 Å². The number of para-hydroxylation sites is 1. The lowest BCUT2D eigenvalue weighted by molar-refractivity contribution is 0.0740. The van der Waals surface area contributed by atoms with Crippen LogP contribution in [0.15, 0.2) is 46.9 Å². The van der Waals surface area contributed by atoms with Gasteiger partial charge in [0.15, 0.2) is 0 Å². The lowest BCUT2D eigenvalue weighted by Gasteiger charge is -2.26. The normalized spacial score (nSPS) is 12.0. The second-order valence-electron chi connectivity index (χ2n) is 5.13. The molecule has 0 bridgehead atoms. The van der Waals surface area contributed by atoms with Crippen LogP contribution in [-0.4, -0.2) is 23.0 Å². The van der Waals surface area contributed by atoms with Crippen LogP contribution in [0.1, 0.15) is 34.5 Å². The highest BCUT2D eigenvalue weighted by Gasteiger charge is 2.22. The van der Waals surface area contributed by atoms with Gasteiger partial charge < -0.3 is 10.0 Å². The fourth-order valence-electron chi connectivity index (χ4n) is 2.21. The van der Waals surface area contributed by atoms with Crippen LogP contribution in [0.25, 0.3) is 0 Å². The summed E-state index contributed by atoms with van der Waals surface area (Å²) in [5, 5.41) is 9.93. The van der Waals surface area contributed by atoms with E-state index in [1.807, 2.05) is 44.2 Å². The van der Waals surface area contributed by atoms with Gasteiger partial charge in [0.05, 0.1) is 11.6 Å². The second-order valence-corrected chi connectivity index (χ2v) is 5.99. The largest absolute Gasteiger partial charge is 0.508 e. The summed E-state index contributed by atoms with van der Waals surface area (Å²) in [5.74, 6) is 0.116. The van der Waals surface area contributed by atoms with Gasteiger partial charge in [-0.05, 0) is 53.5 Å². The van der Waals surface area contributed by atoms with Gasteiger partial charge in [-0.2, -0.15) is 0 Å². The molecule has 0 aliphatic carbocycles. The van der Waals surface area contributed by atoms with Gasteiger partial charge in [0.25, 0.3) is 5.91 Å². The Morgan fingerprint density at radius 2 is 1.90 bits per heavy atom. The standard InChI is InChI=1S/C17H18BrNO2/c1-11-8-9-14(15(18)10-11)17(21)19(3)12(2)13-6-4-5-7-16(13)20/h4-10,12,20H,1-3H3. The highest BCUT2D eigenvalue weighted by Crippen LogP contribution is 2.29. The van der Waals surface area contributed by atoms with E-state index in [2.05, 4.69) is 15.9 Å². The summed E-state index contributed by atoms with van der Waals surface area (Å²) in [6.45, 7) is 3.88. The number of benzene rings is 2. The minimum Gasteiger partial charge on any atom is -0.508 e. The van der Waals surface area contributed by atoms with Crippen molar-refractivity contribution in [3.63, 3.8) is 0 Å². The van der Waals surface area contributed by atoms with E-state index in [0.29, 0.717) is 5.56 Å². The van der Waals surface area contributed by atoms with Crippen molar-refractivity contribution in [2.75, 3.05) is 7.05 Å². The molecule has 2 aromatic carbocycles. The Bertz CT molecular complexity index is 670. The average Bonchev–Trinajstić information content (AvgIpc) is 2.45. The van der Waals surface area contributed by atoms with Gasteiger partial charge in [-0.25, -0.2) is 0 Å². The quantitative estimate of drug-likeness (QED) is 0.899. The van der Waals surface area contributed by atoms with Crippen molar-refractivity contribution in [2.45, 2.75) is 19.9 Å². The summed E-state index contributed by atoms with van der Waals surface area (Å²) >= 11 is 3.44. The third kappa shape index (κ3) is 3.27. The molecule has 0 saturated heterocycles. The van der Waals surface area contributed by atoms with Gasteiger partial charge in [0.1, 0.15) is 5.75 Å². The third-order valence-electron chi connectivity index (χ3n) is 3.64. The van der Waals surface area contributed by atoms with Crippen molar-refractivity contribution in [3.8, 4) is 5.75 Å². The van der Waals surface area contributed by atoms with Crippen molar-refractivity contribution in [2.24, 2.45) is 0 Å². The fourth-order valence-corrected chi connectivity index (χ4v) is 2.87. The van der Waals surface area contributed by atoms with E-state index >= 15 is 0 Å². The predicted molar refractivity (Wildman–Crippen MR) is 87.5 cm³/mol. The SMILES string of the molecule is Cc1ccc(C(=O)N(C)C(C)c2ccccc2O)c(Br)c1. The monoisotopic (exact) mass is 347 g/mol. The Labute approximate surface area is 133 Å². The molecule has 1 N–H and O–H groups in total. The molecule has 0 saturated carbocycles. The Hall–Kier alpha value is -1.81. The van der Waals surface area contributed by atoms with Crippen LogP contribution in [-0.2, 0) is 0 Å². The molecular weight excluding hydrogens is 330 g/mol. The molecule has 0 radical (unpaired) electrons. The van der Waals surface area contributed by atoms with Crippen LogP contribution < -0.4 is 0 Å². The number of amides is 1. The Balaban J connectivity index is 2.29. The lowest BCUT2D eigenvalue weighted by Crippen LogP contribution is -2.30. The molecule has 0 fully saturated rings. The third-order valence-corrected chi connectivity index (χ3v) is 4.30. The lowest BCUT2D eigenvalue weighted by atomic mass is 10.0. The van der Waals surface area contributed by atoms with Gasteiger partial charge in [-0.1, -0.05) is 24.3 Å². The van der Waals surface area contributed by atoms with E-state index < -0.39 is 0 Å². The second kappa shape index (κ2) is 6.31. The summed E-state index contributed by atoms with van der Waals surface area (Å²) in [4.78, 5) is 14.2. The number of carbonyl (C=O) groups is 1. The number of hydrogen-bond acceptors (Lipinski definition) is 2. The molecule has 0 heterocycles.